The van der Waals surface area contributed by atoms with Crippen LogP contribution in [0.2, 0.25) is 0 Å². The van der Waals surface area contributed by atoms with E-state index in [2.05, 4.69) is 231 Å². The number of hydrogen-bond donors (Lipinski definition) is 0. The van der Waals surface area contributed by atoms with Crippen LogP contribution in [0.15, 0.2) is 212 Å². The lowest BCUT2D eigenvalue weighted by Gasteiger charge is -2.30. The summed E-state index contributed by atoms with van der Waals surface area (Å²) in [6.07, 6.45) is 0. The van der Waals surface area contributed by atoms with Gasteiger partial charge in [0.2, 0.25) is 0 Å². The first-order valence-electron chi connectivity index (χ1n) is 19.5. The van der Waals surface area contributed by atoms with Crippen LogP contribution in [0.1, 0.15) is 25.0 Å². The van der Waals surface area contributed by atoms with Gasteiger partial charge in [-0.15, -0.1) is 0 Å². The number of hydrogen-bond acceptors (Lipinski definition) is 1. The van der Waals surface area contributed by atoms with Gasteiger partial charge in [0.25, 0.3) is 0 Å². The Morgan fingerprint density at radius 3 is 1.55 bits per heavy atom. The van der Waals surface area contributed by atoms with Gasteiger partial charge in [0.1, 0.15) is 0 Å². The number of para-hydroxylation sites is 1. The van der Waals surface area contributed by atoms with E-state index in [0.717, 1.165) is 17.1 Å². The molecule has 1 aliphatic rings. The van der Waals surface area contributed by atoms with Crippen molar-refractivity contribution in [3.8, 4) is 55.6 Å². The third kappa shape index (κ3) is 5.63. The van der Waals surface area contributed by atoms with Crippen molar-refractivity contribution in [3.05, 3.63) is 223 Å². The first kappa shape index (κ1) is 33.6. The van der Waals surface area contributed by atoms with Crippen molar-refractivity contribution in [2.75, 3.05) is 4.90 Å². The number of benzene rings is 9. The second kappa shape index (κ2) is 13.7. The molecular weight excluding hydrogens is 675 g/mol. The van der Waals surface area contributed by atoms with Crippen LogP contribution in [0.4, 0.5) is 17.1 Å². The van der Waals surface area contributed by atoms with Gasteiger partial charge in [-0.25, -0.2) is 0 Å². The average molecular weight is 716 g/mol. The molecule has 1 heteroatoms. The van der Waals surface area contributed by atoms with Gasteiger partial charge < -0.3 is 4.90 Å². The fourth-order valence-electron chi connectivity index (χ4n) is 8.96. The zero-order valence-electron chi connectivity index (χ0n) is 31.7. The molecule has 1 aliphatic carbocycles. The Kier molecular flexibility index (Phi) is 8.23. The predicted molar refractivity (Wildman–Crippen MR) is 238 cm³/mol. The van der Waals surface area contributed by atoms with Crippen LogP contribution in [0.5, 0.6) is 0 Å². The summed E-state index contributed by atoms with van der Waals surface area (Å²) in [4.78, 5) is 2.45. The van der Waals surface area contributed by atoms with E-state index >= 15 is 0 Å². The number of rotatable bonds is 7. The minimum atomic E-state index is -0.116. The van der Waals surface area contributed by atoms with E-state index < -0.39 is 0 Å². The summed E-state index contributed by atoms with van der Waals surface area (Å²) in [6, 6.07) is 77.6. The highest BCUT2D eigenvalue weighted by atomic mass is 15.1. The van der Waals surface area contributed by atoms with Crippen LogP contribution in [0.25, 0.3) is 66.4 Å². The van der Waals surface area contributed by atoms with Crippen molar-refractivity contribution in [1.29, 1.82) is 0 Å². The van der Waals surface area contributed by atoms with Gasteiger partial charge in [-0.2, -0.15) is 0 Å². The predicted octanol–water partition coefficient (Wildman–Crippen LogP) is 15.3. The van der Waals surface area contributed by atoms with E-state index in [0.29, 0.717) is 0 Å². The molecule has 266 valence electrons. The summed E-state index contributed by atoms with van der Waals surface area (Å²) < 4.78 is 0. The SMILES string of the molecule is CC1(C)c2ccccc2-c2ccc(N(c3ccc(-c4c(-c5ccccc5)ccc5cccc(-c6ccccc6)c45)cc3)c3ccccc3-c3ccccc3)cc21. The fraction of sp³-hybridized carbons (Fsp3) is 0.0545. The first-order valence-corrected chi connectivity index (χ1v) is 19.5. The van der Waals surface area contributed by atoms with E-state index in [1.807, 2.05) is 0 Å². The summed E-state index contributed by atoms with van der Waals surface area (Å²) in [5.74, 6) is 0. The molecule has 0 spiro atoms. The summed E-state index contributed by atoms with van der Waals surface area (Å²) in [5, 5.41) is 2.49. The summed E-state index contributed by atoms with van der Waals surface area (Å²) in [5.41, 5.74) is 18.3. The van der Waals surface area contributed by atoms with Crippen molar-refractivity contribution in [1.82, 2.24) is 0 Å². The van der Waals surface area contributed by atoms with Gasteiger partial charge in [0, 0.05) is 22.4 Å². The monoisotopic (exact) mass is 715 g/mol. The van der Waals surface area contributed by atoms with Crippen molar-refractivity contribution in [3.63, 3.8) is 0 Å². The number of anilines is 3. The zero-order chi connectivity index (χ0) is 37.6. The summed E-state index contributed by atoms with van der Waals surface area (Å²) in [6.45, 7) is 4.72. The maximum Gasteiger partial charge on any atom is 0.0540 e. The van der Waals surface area contributed by atoms with E-state index in [9.17, 15) is 0 Å². The molecule has 0 unspecified atom stereocenters. The van der Waals surface area contributed by atoms with Crippen LogP contribution in [0.3, 0.4) is 0 Å². The zero-order valence-corrected chi connectivity index (χ0v) is 31.7. The maximum absolute atomic E-state index is 2.45. The van der Waals surface area contributed by atoms with Crippen molar-refractivity contribution >= 4 is 27.8 Å². The molecule has 0 bridgehead atoms. The molecule has 10 rings (SSSR count). The van der Waals surface area contributed by atoms with Crippen LogP contribution < -0.4 is 4.90 Å². The lowest BCUT2D eigenvalue weighted by atomic mass is 9.82. The molecule has 1 nitrogen and oxygen atoms in total. The minimum absolute atomic E-state index is 0.116. The quantitative estimate of drug-likeness (QED) is 0.159. The molecule has 0 atom stereocenters. The van der Waals surface area contributed by atoms with Gasteiger partial charge in [-0.05, 0) is 102 Å². The topological polar surface area (TPSA) is 3.24 Å². The fourth-order valence-corrected chi connectivity index (χ4v) is 8.96. The van der Waals surface area contributed by atoms with E-state index in [-0.39, 0.29) is 5.41 Å². The van der Waals surface area contributed by atoms with Gasteiger partial charge in [-0.3, -0.25) is 0 Å². The largest absolute Gasteiger partial charge is 0.310 e. The molecular formula is C55H41N. The molecule has 56 heavy (non-hydrogen) atoms. The number of nitrogens with zero attached hydrogens (tertiary/aromatic N) is 1. The van der Waals surface area contributed by atoms with Crippen LogP contribution in [0, 0.1) is 0 Å². The molecule has 0 amide bonds. The normalized spacial score (nSPS) is 12.6. The van der Waals surface area contributed by atoms with Crippen molar-refractivity contribution < 1.29 is 0 Å². The summed E-state index contributed by atoms with van der Waals surface area (Å²) >= 11 is 0. The lowest BCUT2D eigenvalue weighted by molar-refractivity contribution is 0.660. The minimum Gasteiger partial charge on any atom is -0.310 e. The third-order valence-electron chi connectivity index (χ3n) is 11.7. The average Bonchev–Trinajstić information content (AvgIpc) is 3.50. The maximum atomic E-state index is 2.45. The third-order valence-corrected chi connectivity index (χ3v) is 11.7. The Labute approximate surface area is 329 Å². The Hall–Kier alpha value is -6.96. The molecule has 0 N–H and O–H groups in total. The molecule has 9 aromatic rings. The molecule has 0 fully saturated rings. The molecule has 0 saturated carbocycles. The highest BCUT2D eigenvalue weighted by molar-refractivity contribution is 6.11. The molecule has 0 radical (unpaired) electrons. The smallest absolute Gasteiger partial charge is 0.0540 e. The first-order chi connectivity index (χ1) is 27.6. The molecule has 9 aromatic carbocycles. The van der Waals surface area contributed by atoms with Gasteiger partial charge in [0.15, 0.2) is 0 Å². The molecule has 0 aliphatic heterocycles. The Morgan fingerprint density at radius 2 is 0.857 bits per heavy atom. The standard InChI is InChI=1S/C55H41N/c1-55(2)50-27-14-12-25-48(50)49-36-34-44(37-51(49)55)56(52-28-15-13-24-45(52)38-17-6-3-7-18-38)43-32-29-42(30-33-43)54-47(40-21-10-5-11-22-40)35-31-41-23-16-26-46(53(41)54)39-19-8-4-9-20-39/h3-37H,1-2H3. The van der Waals surface area contributed by atoms with Crippen LogP contribution in [-0.2, 0) is 5.41 Å². The Balaban J connectivity index is 1.18. The van der Waals surface area contributed by atoms with Gasteiger partial charge in [0.05, 0.1) is 5.69 Å². The number of fused-ring (bicyclic) bond motifs is 4. The van der Waals surface area contributed by atoms with Crippen molar-refractivity contribution in [2.45, 2.75) is 19.3 Å². The highest BCUT2D eigenvalue weighted by Gasteiger charge is 2.36. The van der Waals surface area contributed by atoms with Crippen LogP contribution in [-0.4, -0.2) is 0 Å². The molecule has 0 heterocycles. The van der Waals surface area contributed by atoms with Gasteiger partial charge in [-0.1, -0.05) is 196 Å². The van der Waals surface area contributed by atoms with Crippen molar-refractivity contribution in [2.24, 2.45) is 0 Å². The lowest BCUT2D eigenvalue weighted by Crippen LogP contribution is -2.16. The summed E-state index contributed by atoms with van der Waals surface area (Å²) in [7, 11) is 0. The van der Waals surface area contributed by atoms with Crippen LogP contribution >= 0.6 is 0 Å². The Bertz CT molecular complexity index is 2850. The van der Waals surface area contributed by atoms with Gasteiger partial charge >= 0.3 is 0 Å². The molecule has 0 saturated heterocycles. The second-order valence-corrected chi connectivity index (χ2v) is 15.3. The second-order valence-electron chi connectivity index (χ2n) is 15.3. The van der Waals surface area contributed by atoms with E-state index in [1.54, 1.807) is 0 Å². The Morgan fingerprint density at radius 1 is 0.339 bits per heavy atom. The highest BCUT2D eigenvalue weighted by Crippen LogP contribution is 2.51. The van der Waals surface area contributed by atoms with E-state index in [4.69, 9.17) is 0 Å². The molecule has 0 aromatic heterocycles. The van der Waals surface area contributed by atoms with E-state index in [1.165, 1.54) is 77.5 Å².